The number of ether oxygens (including phenoxy) is 1. The molecule has 132 valence electrons. The maximum absolute atomic E-state index is 12.3. The molecule has 0 unspecified atom stereocenters. The fraction of sp³-hybridized carbons (Fsp3) is 0.250. The van der Waals surface area contributed by atoms with Crippen LogP contribution in [-0.2, 0) is 12.2 Å². The van der Waals surface area contributed by atoms with Crippen LogP contribution >= 0.6 is 23.4 Å². The molecular weight excluding hydrogens is 354 g/mol. The topological polar surface area (TPSA) is 38.3 Å². The average Bonchev–Trinajstić information content (AvgIpc) is 2.63. The monoisotopic (exact) mass is 375 g/mol. The van der Waals surface area contributed by atoms with Crippen molar-refractivity contribution in [2.75, 3.05) is 19.4 Å². The molecule has 0 bridgehead atoms. The Morgan fingerprint density at radius 2 is 2.04 bits per heavy atom. The summed E-state index contributed by atoms with van der Waals surface area (Å²) >= 11 is 7.65. The second-order valence-electron chi connectivity index (χ2n) is 5.45. The van der Waals surface area contributed by atoms with Gasteiger partial charge in [-0.3, -0.25) is 4.79 Å². The molecular formula is C20H22ClNO2S. The quantitative estimate of drug-likeness (QED) is 0.508. The van der Waals surface area contributed by atoms with Crippen molar-refractivity contribution in [3.05, 3.63) is 76.8 Å². The minimum atomic E-state index is -0.0694. The van der Waals surface area contributed by atoms with Gasteiger partial charge in [-0.2, -0.15) is 11.8 Å². The fourth-order valence-corrected chi connectivity index (χ4v) is 3.29. The van der Waals surface area contributed by atoms with Gasteiger partial charge in [-0.25, -0.2) is 0 Å². The highest BCUT2D eigenvalue weighted by Crippen LogP contribution is 2.21. The van der Waals surface area contributed by atoms with Gasteiger partial charge in [0, 0.05) is 28.6 Å². The molecule has 0 spiro atoms. The number of carbonyl (C=O) groups is 1. The van der Waals surface area contributed by atoms with Crippen molar-refractivity contribution in [2.24, 2.45) is 0 Å². The molecule has 1 amide bonds. The third-order valence-corrected chi connectivity index (χ3v) is 4.90. The van der Waals surface area contributed by atoms with Crippen LogP contribution in [0.3, 0.4) is 0 Å². The van der Waals surface area contributed by atoms with E-state index in [1.807, 2.05) is 36.4 Å². The van der Waals surface area contributed by atoms with Crippen molar-refractivity contribution in [1.29, 1.82) is 0 Å². The number of rotatable bonds is 9. The molecule has 2 aromatic rings. The van der Waals surface area contributed by atoms with E-state index in [2.05, 4.69) is 11.9 Å². The highest BCUT2D eigenvalue weighted by molar-refractivity contribution is 7.98. The van der Waals surface area contributed by atoms with Gasteiger partial charge in [0.15, 0.2) is 0 Å². The fourth-order valence-electron chi connectivity index (χ4n) is 2.34. The molecule has 2 aromatic carbocycles. The van der Waals surface area contributed by atoms with Crippen LogP contribution in [0.2, 0.25) is 5.02 Å². The summed E-state index contributed by atoms with van der Waals surface area (Å²) < 4.78 is 5.30. The molecule has 0 atom stereocenters. The third kappa shape index (κ3) is 6.15. The lowest BCUT2D eigenvalue weighted by Crippen LogP contribution is -2.25. The largest absolute Gasteiger partial charge is 0.496 e. The van der Waals surface area contributed by atoms with Crippen LogP contribution in [0, 0.1) is 0 Å². The summed E-state index contributed by atoms with van der Waals surface area (Å²) in [5.74, 6) is 2.46. The lowest BCUT2D eigenvalue weighted by atomic mass is 10.1. The van der Waals surface area contributed by atoms with Crippen molar-refractivity contribution in [3.8, 4) is 5.75 Å². The Labute approximate surface area is 158 Å². The van der Waals surface area contributed by atoms with Gasteiger partial charge in [-0.1, -0.05) is 29.8 Å². The number of thioether (sulfide) groups is 1. The summed E-state index contributed by atoms with van der Waals surface area (Å²) in [6.07, 6.45) is 2.47. The summed E-state index contributed by atoms with van der Waals surface area (Å²) in [6.45, 7) is 4.36. The van der Waals surface area contributed by atoms with E-state index in [0.29, 0.717) is 18.5 Å². The van der Waals surface area contributed by atoms with E-state index in [4.69, 9.17) is 16.3 Å². The van der Waals surface area contributed by atoms with Crippen LogP contribution in [0.4, 0.5) is 0 Å². The zero-order valence-corrected chi connectivity index (χ0v) is 15.8. The Morgan fingerprint density at radius 3 is 2.72 bits per heavy atom. The van der Waals surface area contributed by atoms with Crippen LogP contribution in [0.5, 0.6) is 5.75 Å². The standard InChI is InChI=1S/C20H22ClNO2S/c1-3-4-16-13-17(7-10-19(16)24-2)20(23)22-11-12-25-14-15-5-8-18(21)9-6-15/h3,5-10,13H,1,4,11-12,14H2,2H3,(H,22,23). The summed E-state index contributed by atoms with van der Waals surface area (Å²) in [6, 6.07) is 13.3. The first-order chi connectivity index (χ1) is 12.1. The molecule has 1 N–H and O–H groups in total. The molecule has 0 heterocycles. The number of hydrogen-bond donors (Lipinski definition) is 1. The number of carbonyl (C=O) groups excluding carboxylic acids is 1. The lowest BCUT2D eigenvalue weighted by molar-refractivity contribution is 0.0956. The Morgan fingerprint density at radius 1 is 1.28 bits per heavy atom. The maximum atomic E-state index is 12.3. The van der Waals surface area contributed by atoms with Gasteiger partial charge < -0.3 is 10.1 Å². The number of nitrogens with one attached hydrogen (secondary N) is 1. The molecule has 3 nitrogen and oxygen atoms in total. The Kier molecular flexibility index (Phi) is 7.89. The van der Waals surface area contributed by atoms with Crippen molar-refractivity contribution < 1.29 is 9.53 Å². The Balaban J connectivity index is 1.79. The van der Waals surface area contributed by atoms with Crippen molar-refractivity contribution in [2.45, 2.75) is 12.2 Å². The average molecular weight is 376 g/mol. The minimum absolute atomic E-state index is 0.0694. The van der Waals surface area contributed by atoms with Crippen molar-refractivity contribution >= 4 is 29.3 Å². The molecule has 25 heavy (non-hydrogen) atoms. The molecule has 2 rings (SSSR count). The van der Waals surface area contributed by atoms with E-state index in [-0.39, 0.29) is 5.91 Å². The first-order valence-corrected chi connectivity index (χ1v) is 9.55. The van der Waals surface area contributed by atoms with Gasteiger partial charge in [-0.15, -0.1) is 6.58 Å². The summed E-state index contributed by atoms with van der Waals surface area (Å²) in [5.41, 5.74) is 2.83. The Hall–Kier alpha value is -1.91. The first kappa shape index (κ1) is 19.4. The van der Waals surface area contributed by atoms with Crippen LogP contribution < -0.4 is 10.1 Å². The normalized spacial score (nSPS) is 10.3. The van der Waals surface area contributed by atoms with Crippen LogP contribution in [-0.4, -0.2) is 25.3 Å². The molecule has 5 heteroatoms. The predicted molar refractivity (Wildman–Crippen MR) is 107 cm³/mol. The lowest BCUT2D eigenvalue weighted by Gasteiger charge is -2.10. The highest BCUT2D eigenvalue weighted by atomic mass is 35.5. The number of halogens is 1. The minimum Gasteiger partial charge on any atom is -0.496 e. The van der Waals surface area contributed by atoms with Crippen LogP contribution in [0.25, 0.3) is 0 Å². The summed E-state index contributed by atoms with van der Waals surface area (Å²) in [5, 5.41) is 3.70. The molecule has 0 radical (unpaired) electrons. The second kappa shape index (κ2) is 10.2. The Bertz CT molecular complexity index is 716. The molecule has 0 fully saturated rings. The van der Waals surface area contributed by atoms with Gasteiger partial charge in [-0.05, 0) is 47.9 Å². The van der Waals surface area contributed by atoms with Gasteiger partial charge >= 0.3 is 0 Å². The SMILES string of the molecule is C=CCc1cc(C(=O)NCCSCc2ccc(Cl)cc2)ccc1OC. The second-order valence-corrected chi connectivity index (χ2v) is 7.00. The molecule has 0 saturated carbocycles. The third-order valence-electron chi connectivity index (χ3n) is 3.62. The molecule has 0 aliphatic rings. The van der Waals surface area contributed by atoms with Gasteiger partial charge in [0.25, 0.3) is 5.91 Å². The summed E-state index contributed by atoms with van der Waals surface area (Å²) in [4.78, 5) is 12.3. The van der Waals surface area contributed by atoms with E-state index >= 15 is 0 Å². The van der Waals surface area contributed by atoms with Crippen LogP contribution in [0.15, 0.2) is 55.1 Å². The smallest absolute Gasteiger partial charge is 0.251 e. The predicted octanol–water partition coefficient (Wildman–Crippen LogP) is 4.74. The van der Waals surface area contributed by atoms with E-state index in [1.165, 1.54) is 5.56 Å². The first-order valence-electron chi connectivity index (χ1n) is 8.02. The van der Waals surface area contributed by atoms with Crippen molar-refractivity contribution in [1.82, 2.24) is 5.32 Å². The number of methoxy groups -OCH3 is 1. The van der Waals surface area contributed by atoms with E-state index in [9.17, 15) is 4.79 Å². The number of benzene rings is 2. The molecule has 0 aromatic heterocycles. The number of allylic oxidation sites excluding steroid dienone is 1. The van der Waals surface area contributed by atoms with Gasteiger partial charge in [0.1, 0.15) is 5.75 Å². The molecule has 0 aliphatic carbocycles. The van der Waals surface area contributed by atoms with E-state index < -0.39 is 0 Å². The zero-order chi connectivity index (χ0) is 18.1. The molecule has 0 saturated heterocycles. The molecule has 0 aliphatic heterocycles. The van der Waals surface area contributed by atoms with Gasteiger partial charge in [0.05, 0.1) is 7.11 Å². The van der Waals surface area contributed by atoms with Crippen LogP contribution in [0.1, 0.15) is 21.5 Å². The maximum Gasteiger partial charge on any atom is 0.251 e. The van der Waals surface area contributed by atoms with E-state index in [0.717, 1.165) is 27.8 Å². The number of hydrogen-bond acceptors (Lipinski definition) is 3. The summed E-state index contributed by atoms with van der Waals surface area (Å²) in [7, 11) is 1.62. The van der Waals surface area contributed by atoms with Gasteiger partial charge in [0.2, 0.25) is 0 Å². The highest BCUT2D eigenvalue weighted by Gasteiger charge is 2.09. The number of amides is 1. The van der Waals surface area contributed by atoms with Crippen molar-refractivity contribution in [3.63, 3.8) is 0 Å². The van der Waals surface area contributed by atoms with E-state index in [1.54, 1.807) is 31.0 Å². The zero-order valence-electron chi connectivity index (χ0n) is 14.3.